The van der Waals surface area contributed by atoms with E-state index in [1.165, 1.54) is 18.6 Å². The molecule has 4 nitrogen and oxygen atoms in total. The molecule has 24 heavy (non-hydrogen) atoms. The molecule has 0 saturated carbocycles. The van der Waals surface area contributed by atoms with Gasteiger partial charge in [-0.3, -0.25) is 4.79 Å². The van der Waals surface area contributed by atoms with E-state index in [9.17, 15) is 9.18 Å². The molecule has 0 aliphatic carbocycles. The molecule has 1 aliphatic rings. The number of benzene rings is 1. The van der Waals surface area contributed by atoms with Crippen LogP contribution in [0.5, 0.6) is 0 Å². The highest BCUT2D eigenvalue weighted by molar-refractivity contribution is 6.33. The topological polar surface area (TPSA) is 42.4 Å². The van der Waals surface area contributed by atoms with Crippen LogP contribution in [0.1, 0.15) is 36.0 Å². The van der Waals surface area contributed by atoms with Gasteiger partial charge < -0.3 is 9.64 Å². The van der Waals surface area contributed by atoms with Crippen LogP contribution < -0.4 is 0 Å². The van der Waals surface area contributed by atoms with Gasteiger partial charge in [-0.05, 0) is 43.9 Å². The molecule has 2 heterocycles. The zero-order chi connectivity index (χ0) is 17.1. The van der Waals surface area contributed by atoms with Crippen LogP contribution in [-0.4, -0.2) is 42.1 Å². The Balaban J connectivity index is 1.72. The third-order valence-electron chi connectivity index (χ3n) is 4.37. The Labute approximate surface area is 145 Å². The third-order valence-corrected chi connectivity index (χ3v) is 4.66. The summed E-state index contributed by atoms with van der Waals surface area (Å²) in [5.74, 6) is -0.565. The van der Waals surface area contributed by atoms with E-state index in [4.69, 9.17) is 16.3 Å². The smallest absolute Gasteiger partial charge is 0.256 e. The minimum absolute atomic E-state index is 0.0962. The number of aromatic nitrogens is 1. The number of hydrogen-bond donors (Lipinski definition) is 0. The number of rotatable bonds is 4. The highest BCUT2D eigenvalue weighted by atomic mass is 35.5. The summed E-state index contributed by atoms with van der Waals surface area (Å²) in [4.78, 5) is 18.4. The largest absolute Gasteiger partial charge is 0.378 e. The molecular formula is C18H20ClFN2O2. The number of hydrogen-bond acceptors (Lipinski definition) is 3. The first-order chi connectivity index (χ1) is 11.5. The molecule has 0 radical (unpaired) electrons. The lowest BCUT2D eigenvalue weighted by Gasteiger charge is -2.25. The molecule has 1 saturated heterocycles. The van der Waals surface area contributed by atoms with Crippen LogP contribution in [0.4, 0.5) is 4.39 Å². The monoisotopic (exact) mass is 350 g/mol. The molecule has 3 rings (SSSR count). The second-order valence-electron chi connectivity index (χ2n) is 6.17. The van der Waals surface area contributed by atoms with Crippen LogP contribution in [0, 0.1) is 5.82 Å². The van der Waals surface area contributed by atoms with Gasteiger partial charge in [-0.1, -0.05) is 11.6 Å². The van der Waals surface area contributed by atoms with Crippen molar-refractivity contribution in [3.8, 4) is 0 Å². The molecule has 1 amide bonds. The van der Waals surface area contributed by atoms with E-state index >= 15 is 0 Å². The highest BCUT2D eigenvalue weighted by Crippen LogP contribution is 2.23. The number of halogens is 2. The maximum Gasteiger partial charge on any atom is 0.256 e. The fraction of sp³-hybridized carbons (Fsp3) is 0.444. The average Bonchev–Trinajstić information content (AvgIpc) is 2.59. The van der Waals surface area contributed by atoms with Crippen molar-refractivity contribution < 1.29 is 13.9 Å². The van der Waals surface area contributed by atoms with Crippen LogP contribution >= 0.6 is 11.6 Å². The molecule has 1 fully saturated rings. The Morgan fingerprint density at radius 3 is 3.00 bits per heavy atom. The molecule has 0 spiro atoms. The van der Waals surface area contributed by atoms with E-state index in [1.54, 1.807) is 24.1 Å². The summed E-state index contributed by atoms with van der Waals surface area (Å²) < 4.78 is 19.0. The van der Waals surface area contributed by atoms with Crippen LogP contribution in [0.2, 0.25) is 5.15 Å². The lowest BCUT2D eigenvalue weighted by atomic mass is 10.1. The van der Waals surface area contributed by atoms with E-state index in [1.807, 2.05) is 0 Å². The van der Waals surface area contributed by atoms with Crippen molar-refractivity contribution in [2.75, 3.05) is 20.2 Å². The quantitative estimate of drug-likeness (QED) is 0.781. The summed E-state index contributed by atoms with van der Waals surface area (Å²) in [6.45, 7) is 1.40. The molecule has 2 aromatic rings. The zero-order valence-electron chi connectivity index (χ0n) is 13.6. The van der Waals surface area contributed by atoms with Crippen molar-refractivity contribution in [2.24, 2.45) is 0 Å². The number of ether oxygens (including phenoxy) is 1. The van der Waals surface area contributed by atoms with E-state index in [0.29, 0.717) is 23.0 Å². The van der Waals surface area contributed by atoms with Gasteiger partial charge in [0.05, 0.1) is 17.2 Å². The SMILES string of the molecule is CN(CCC1CCCCO1)C(=O)c1cc2ccc(F)cc2nc1Cl. The Hall–Kier alpha value is -1.72. The number of amides is 1. The summed E-state index contributed by atoms with van der Waals surface area (Å²) in [5.41, 5.74) is 0.776. The fourth-order valence-electron chi connectivity index (χ4n) is 2.95. The van der Waals surface area contributed by atoms with E-state index < -0.39 is 0 Å². The maximum atomic E-state index is 13.3. The number of pyridine rings is 1. The van der Waals surface area contributed by atoms with Gasteiger partial charge in [-0.2, -0.15) is 0 Å². The lowest BCUT2D eigenvalue weighted by molar-refractivity contribution is 0.00709. The number of fused-ring (bicyclic) bond motifs is 1. The zero-order valence-corrected chi connectivity index (χ0v) is 14.4. The predicted molar refractivity (Wildman–Crippen MR) is 91.9 cm³/mol. The van der Waals surface area contributed by atoms with Crippen LogP contribution in [-0.2, 0) is 4.74 Å². The Bertz CT molecular complexity index is 747. The third kappa shape index (κ3) is 3.84. The summed E-state index contributed by atoms with van der Waals surface area (Å²) in [5, 5.41) is 0.784. The second-order valence-corrected chi connectivity index (χ2v) is 6.53. The van der Waals surface area contributed by atoms with Gasteiger partial charge in [0.25, 0.3) is 5.91 Å². The van der Waals surface area contributed by atoms with Crippen LogP contribution in [0.15, 0.2) is 24.3 Å². The second kappa shape index (κ2) is 7.45. The standard InChI is InChI=1S/C18H20ClFN2O2/c1-22(8-7-14-4-2-3-9-24-14)18(23)15-10-12-5-6-13(20)11-16(12)21-17(15)19/h5-6,10-11,14H,2-4,7-9H2,1H3. The van der Waals surface area contributed by atoms with Crippen LogP contribution in [0.3, 0.4) is 0 Å². The highest BCUT2D eigenvalue weighted by Gasteiger charge is 2.20. The molecule has 0 N–H and O–H groups in total. The summed E-state index contributed by atoms with van der Waals surface area (Å²) in [6, 6.07) is 5.91. The first kappa shape index (κ1) is 17.1. The van der Waals surface area contributed by atoms with Crippen molar-refractivity contribution in [2.45, 2.75) is 31.8 Å². The molecule has 128 valence electrons. The summed E-state index contributed by atoms with van der Waals surface area (Å²) in [7, 11) is 1.75. The van der Waals surface area contributed by atoms with E-state index in [0.717, 1.165) is 25.9 Å². The van der Waals surface area contributed by atoms with Crippen molar-refractivity contribution in [1.29, 1.82) is 0 Å². The minimum Gasteiger partial charge on any atom is -0.378 e. The number of carbonyl (C=O) groups excluding carboxylic acids is 1. The number of carbonyl (C=O) groups is 1. The van der Waals surface area contributed by atoms with E-state index in [2.05, 4.69) is 4.98 Å². The Kier molecular flexibility index (Phi) is 5.31. The molecule has 6 heteroatoms. The van der Waals surface area contributed by atoms with Gasteiger partial charge in [-0.15, -0.1) is 0 Å². The average molecular weight is 351 g/mol. The van der Waals surface area contributed by atoms with Crippen molar-refractivity contribution in [3.63, 3.8) is 0 Å². The maximum absolute atomic E-state index is 13.3. The van der Waals surface area contributed by atoms with Crippen molar-refractivity contribution in [1.82, 2.24) is 9.88 Å². The van der Waals surface area contributed by atoms with Crippen LogP contribution in [0.25, 0.3) is 10.9 Å². The Morgan fingerprint density at radius 1 is 1.42 bits per heavy atom. The molecule has 1 aromatic heterocycles. The van der Waals surface area contributed by atoms with Gasteiger partial charge >= 0.3 is 0 Å². The lowest BCUT2D eigenvalue weighted by Crippen LogP contribution is -2.31. The predicted octanol–water partition coefficient (Wildman–Crippen LogP) is 4.06. The summed E-state index contributed by atoms with van der Waals surface area (Å²) in [6.07, 6.45) is 4.38. The summed E-state index contributed by atoms with van der Waals surface area (Å²) >= 11 is 6.14. The first-order valence-corrected chi connectivity index (χ1v) is 8.55. The van der Waals surface area contributed by atoms with Gasteiger partial charge in [-0.25, -0.2) is 9.37 Å². The van der Waals surface area contributed by atoms with E-state index in [-0.39, 0.29) is 23.0 Å². The molecule has 1 aliphatic heterocycles. The molecular weight excluding hydrogens is 331 g/mol. The van der Waals surface area contributed by atoms with Gasteiger partial charge in [0, 0.05) is 31.7 Å². The van der Waals surface area contributed by atoms with Crippen molar-refractivity contribution >= 4 is 28.4 Å². The van der Waals surface area contributed by atoms with Crippen molar-refractivity contribution in [3.05, 3.63) is 40.8 Å². The molecule has 1 atom stereocenters. The first-order valence-electron chi connectivity index (χ1n) is 8.17. The minimum atomic E-state index is -0.380. The van der Waals surface area contributed by atoms with Gasteiger partial charge in [0.15, 0.2) is 0 Å². The molecule has 1 aromatic carbocycles. The molecule has 0 bridgehead atoms. The fourth-order valence-corrected chi connectivity index (χ4v) is 3.17. The van der Waals surface area contributed by atoms with Gasteiger partial charge in [0.2, 0.25) is 0 Å². The number of nitrogens with zero attached hydrogens (tertiary/aromatic N) is 2. The normalized spacial score (nSPS) is 17.9. The van der Waals surface area contributed by atoms with Gasteiger partial charge in [0.1, 0.15) is 11.0 Å². The Morgan fingerprint density at radius 2 is 2.25 bits per heavy atom. The molecule has 1 unspecified atom stereocenters.